The molecule has 0 bridgehead atoms. The number of anilines is 1. The maximum atomic E-state index is 12.1. The Morgan fingerprint density at radius 2 is 1.86 bits per heavy atom. The molecule has 0 heterocycles. The van der Waals surface area contributed by atoms with Crippen LogP contribution >= 0.6 is 23.2 Å². The number of benzene rings is 2. The summed E-state index contributed by atoms with van der Waals surface area (Å²) in [6.45, 7) is 0. The fraction of sp³-hybridized carbons (Fsp3) is 0. The average Bonchev–Trinajstić information content (AvgIpc) is 2.47. The summed E-state index contributed by atoms with van der Waals surface area (Å²) < 4.78 is 0. The minimum absolute atomic E-state index is 0.0388. The first-order valence-corrected chi connectivity index (χ1v) is 6.79. The lowest BCUT2D eigenvalue weighted by molar-refractivity contribution is -0.112. The Labute approximate surface area is 132 Å². The van der Waals surface area contributed by atoms with Gasteiger partial charge in [0.15, 0.2) is 0 Å². The Balaban J connectivity index is 2.25. The average molecular weight is 317 g/mol. The normalized spacial score (nSPS) is 10.8. The van der Waals surface area contributed by atoms with Gasteiger partial charge in [0.25, 0.3) is 5.91 Å². The number of nitriles is 1. The molecule has 104 valence electrons. The van der Waals surface area contributed by atoms with Crippen LogP contribution in [0.4, 0.5) is 5.69 Å². The molecule has 0 aromatic heterocycles. The zero-order valence-electron chi connectivity index (χ0n) is 10.8. The molecule has 0 spiro atoms. The van der Waals surface area contributed by atoms with E-state index in [2.05, 4.69) is 5.32 Å². The van der Waals surface area contributed by atoms with Crippen molar-refractivity contribution in [1.29, 1.82) is 5.26 Å². The molecule has 0 fully saturated rings. The zero-order chi connectivity index (χ0) is 15.2. The summed E-state index contributed by atoms with van der Waals surface area (Å²) in [6, 6.07) is 15.6. The number of para-hydroxylation sites is 1. The van der Waals surface area contributed by atoms with Gasteiger partial charge in [0.1, 0.15) is 11.6 Å². The van der Waals surface area contributed by atoms with Gasteiger partial charge in [-0.25, -0.2) is 0 Å². The van der Waals surface area contributed by atoms with Gasteiger partial charge in [-0.2, -0.15) is 5.26 Å². The molecule has 2 aromatic rings. The number of nitrogens with one attached hydrogen (secondary N) is 1. The van der Waals surface area contributed by atoms with Crippen LogP contribution in [0, 0.1) is 11.3 Å². The van der Waals surface area contributed by atoms with E-state index in [0.29, 0.717) is 21.3 Å². The van der Waals surface area contributed by atoms with Crippen LogP contribution in [0.5, 0.6) is 0 Å². The lowest BCUT2D eigenvalue weighted by Crippen LogP contribution is -2.13. The van der Waals surface area contributed by atoms with E-state index in [0.717, 1.165) is 0 Å². The Morgan fingerprint density at radius 1 is 1.14 bits per heavy atom. The van der Waals surface area contributed by atoms with Crippen LogP contribution in [0.3, 0.4) is 0 Å². The van der Waals surface area contributed by atoms with Crippen molar-refractivity contribution in [1.82, 2.24) is 0 Å². The van der Waals surface area contributed by atoms with Crippen LogP contribution in [-0.2, 0) is 4.79 Å². The van der Waals surface area contributed by atoms with E-state index in [-0.39, 0.29) is 5.57 Å². The SMILES string of the molecule is N#C/C(=C\c1ccc(Cl)cc1Cl)C(=O)Nc1ccccc1. The highest BCUT2D eigenvalue weighted by atomic mass is 35.5. The molecule has 0 saturated heterocycles. The van der Waals surface area contributed by atoms with Crippen molar-refractivity contribution in [2.45, 2.75) is 0 Å². The second-order valence-corrected chi connectivity index (χ2v) is 5.00. The monoisotopic (exact) mass is 316 g/mol. The molecule has 2 rings (SSSR count). The molecular weight excluding hydrogens is 307 g/mol. The summed E-state index contributed by atoms with van der Waals surface area (Å²) in [5, 5.41) is 12.6. The fourth-order valence-corrected chi connectivity index (χ4v) is 2.11. The van der Waals surface area contributed by atoms with Crippen LogP contribution in [0.2, 0.25) is 10.0 Å². The van der Waals surface area contributed by atoms with E-state index in [9.17, 15) is 4.79 Å². The van der Waals surface area contributed by atoms with Crippen LogP contribution in [-0.4, -0.2) is 5.91 Å². The first kappa shape index (κ1) is 15.1. The highest BCUT2D eigenvalue weighted by Gasteiger charge is 2.10. The second kappa shape index (κ2) is 6.94. The maximum Gasteiger partial charge on any atom is 0.266 e. The molecule has 2 aromatic carbocycles. The summed E-state index contributed by atoms with van der Waals surface area (Å²) >= 11 is 11.8. The van der Waals surface area contributed by atoms with Crippen molar-refractivity contribution in [3.63, 3.8) is 0 Å². The molecule has 0 atom stereocenters. The lowest BCUT2D eigenvalue weighted by atomic mass is 10.1. The highest BCUT2D eigenvalue weighted by Crippen LogP contribution is 2.23. The maximum absolute atomic E-state index is 12.1. The lowest BCUT2D eigenvalue weighted by Gasteiger charge is -2.04. The Kier molecular flexibility index (Phi) is 4.99. The Morgan fingerprint density at radius 3 is 2.48 bits per heavy atom. The molecule has 0 saturated carbocycles. The summed E-state index contributed by atoms with van der Waals surface area (Å²) in [5.41, 5.74) is 1.13. The molecular formula is C16H10Cl2N2O. The van der Waals surface area contributed by atoms with Crippen molar-refractivity contribution in [2.75, 3.05) is 5.32 Å². The Bertz CT molecular complexity index is 734. The van der Waals surface area contributed by atoms with E-state index < -0.39 is 5.91 Å². The van der Waals surface area contributed by atoms with Gasteiger partial charge in [-0.3, -0.25) is 4.79 Å². The van der Waals surface area contributed by atoms with Crippen LogP contribution in [0.1, 0.15) is 5.56 Å². The van der Waals surface area contributed by atoms with Crippen molar-refractivity contribution in [3.05, 3.63) is 69.7 Å². The number of carbonyl (C=O) groups is 1. The van der Waals surface area contributed by atoms with E-state index in [1.807, 2.05) is 12.1 Å². The second-order valence-electron chi connectivity index (χ2n) is 4.16. The molecule has 0 aliphatic carbocycles. The van der Waals surface area contributed by atoms with Crippen molar-refractivity contribution < 1.29 is 4.79 Å². The first-order valence-electron chi connectivity index (χ1n) is 6.03. The highest BCUT2D eigenvalue weighted by molar-refractivity contribution is 6.35. The number of hydrogen-bond acceptors (Lipinski definition) is 2. The summed E-state index contributed by atoms with van der Waals surface area (Å²) in [6.07, 6.45) is 1.43. The zero-order valence-corrected chi connectivity index (χ0v) is 12.3. The van der Waals surface area contributed by atoms with Gasteiger partial charge in [0.2, 0.25) is 0 Å². The molecule has 5 heteroatoms. The smallest absolute Gasteiger partial charge is 0.266 e. The summed E-state index contributed by atoms with van der Waals surface area (Å²) in [4.78, 5) is 12.1. The van der Waals surface area contributed by atoms with Gasteiger partial charge < -0.3 is 5.32 Å². The van der Waals surface area contributed by atoms with Crippen LogP contribution in [0.15, 0.2) is 54.1 Å². The quantitative estimate of drug-likeness (QED) is 0.667. The van der Waals surface area contributed by atoms with E-state index in [1.54, 1.807) is 42.5 Å². The van der Waals surface area contributed by atoms with Crippen molar-refractivity contribution >= 4 is 40.9 Å². The molecule has 21 heavy (non-hydrogen) atoms. The van der Waals surface area contributed by atoms with E-state index >= 15 is 0 Å². The fourth-order valence-electron chi connectivity index (χ4n) is 1.64. The van der Waals surface area contributed by atoms with Gasteiger partial charge in [-0.1, -0.05) is 47.5 Å². The van der Waals surface area contributed by atoms with Gasteiger partial charge in [0, 0.05) is 15.7 Å². The third kappa shape index (κ3) is 4.09. The van der Waals surface area contributed by atoms with Crippen LogP contribution < -0.4 is 5.32 Å². The summed E-state index contributed by atoms with van der Waals surface area (Å²) in [5.74, 6) is -0.491. The number of rotatable bonds is 3. The molecule has 0 aliphatic rings. The largest absolute Gasteiger partial charge is 0.321 e. The number of hydrogen-bond donors (Lipinski definition) is 1. The third-order valence-electron chi connectivity index (χ3n) is 2.66. The number of halogens is 2. The van der Waals surface area contributed by atoms with Crippen LogP contribution in [0.25, 0.3) is 6.08 Å². The molecule has 0 radical (unpaired) electrons. The Hall–Kier alpha value is -2.28. The molecule has 1 N–H and O–H groups in total. The summed E-state index contributed by atoms with van der Waals surface area (Å²) in [7, 11) is 0. The predicted octanol–water partition coefficient (Wildman–Crippen LogP) is 4.54. The number of amides is 1. The standard InChI is InChI=1S/C16H10Cl2N2O/c17-13-7-6-11(15(18)9-13)8-12(10-19)16(21)20-14-4-2-1-3-5-14/h1-9H,(H,20,21)/b12-8+. The molecule has 0 unspecified atom stereocenters. The minimum Gasteiger partial charge on any atom is -0.321 e. The van der Waals surface area contributed by atoms with Crippen molar-refractivity contribution in [2.24, 2.45) is 0 Å². The molecule has 3 nitrogen and oxygen atoms in total. The first-order chi connectivity index (χ1) is 10.1. The number of nitrogens with zero attached hydrogens (tertiary/aromatic N) is 1. The van der Waals surface area contributed by atoms with Crippen molar-refractivity contribution in [3.8, 4) is 6.07 Å². The molecule has 1 amide bonds. The number of carbonyl (C=O) groups excluding carboxylic acids is 1. The molecule has 0 aliphatic heterocycles. The van der Waals surface area contributed by atoms with E-state index in [4.69, 9.17) is 28.5 Å². The third-order valence-corrected chi connectivity index (χ3v) is 3.22. The topological polar surface area (TPSA) is 52.9 Å². The van der Waals surface area contributed by atoms with Gasteiger partial charge in [-0.05, 0) is 35.9 Å². The van der Waals surface area contributed by atoms with Gasteiger partial charge in [-0.15, -0.1) is 0 Å². The predicted molar refractivity (Wildman–Crippen MR) is 85.1 cm³/mol. The van der Waals surface area contributed by atoms with Gasteiger partial charge in [0.05, 0.1) is 0 Å². The van der Waals surface area contributed by atoms with E-state index in [1.165, 1.54) is 6.08 Å². The minimum atomic E-state index is -0.491. The van der Waals surface area contributed by atoms with Gasteiger partial charge >= 0.3 is 0 Å².